The zero-order valence-electron chi connectivity index (χ0n) is 25.0. The lowest BCUT2D eigenvalue weighted by atomic mass is 9.79. The number of esters is 1. The molecule has 0 atom stereocenters. The molecule has 2 aliphatic rings. The number of hydrogen-bond donors (Lipinski definition) is 0. The largest absolute Gasteiger partial charge is 0.462 e. The molecule has 218 valence electrons. The molecule has 0 bridgehead atoms. The number of morpholine rings is 1. The van der Waals surface area contributed by atoms with E-state index in [9.17, 15) is 10.1 Å². The highest BCUT2D eigenvalue weighted by molar-refractivity contribution is 6.05. The molecular weight excluding hydrogens is 514 g/mol. The Morgan fingerprint density at radius 3 is 2.51 bits per heavy atom. The molecule has 5 rings (SSSR count). The molecule has 0 radical (unpaired) electrons. The zero-order valence-corrected chi connectivity index (χ0v) is 25.0. The molecular formula is C34H43N3O4. The van der Waals surface area contributed by atoms with Crippen molar-refractivity contribution in [2.45, 2.75) is 71.3 Å². The lowest BCUT2D eigenvalue weighted by Gasteiger charge is -2.41. The van der Waals surface area contributed by atoms with E-state index in [0.717, 1.165) is 77.1 Å². The smallest absolute Gasteiger partial charge is 0.342 e. The highest BCUT2D eigenvalue weighted by Crippen LogP contribution is 2.41. The maximum Gasteiger partial charge on any atom is 0.342 e. The van der Waals surface area contributed by atoms with Crippen LogP contribution in [0.4, 0.5) is 5.69 Å². The molecule has 0 aliphatic carbocycles. The summed E-state index contributed by atoms with van der Waals surface area (Å²) in [6, 6.07) is 14.7. The normalized spacial score (nSPS) is 17.1. The highest BCUT2D eigenvalue weighted by Gasteiger charge is 2.36. The van der Waals surface area contributed by atoms with E-state index in [-0.39, 0.29) is 5.97 Å². The van der Waals surface area contributed by atoms with Crippen LogP contribution in [0.15, 0.2) is 40.8 Å². The Morgan fingerprint density at radius 2 is 1.83 bits per heavy atom. The van der Waals surface area contributed by atoms with Gasteiger partial charge in [0, 0.05) is 48.7 Å². The van der Waals surface area contributed by atoms with Gasteiger partial charge >= 0.3 is 5.97 Å². The third-order valence-corrected chi connectivity index (χ3v) is 8.88. The van der Waals surface area contributed by atoms with Gasteiger partial charge in [-0.1, -0.05) is 32.4 Å². The summed E-state index contributed by atoms with van der Waals surface area (Å²) in [5.74, 6) is 0.200. The lowest BCUT2D eigenvalue weighted by Crippen LogP contribution is -2.49. The quantitative estimate of drug-likeness (QED) is 0.221. The van der Waals surface area contributed by atoms with Gasteiger partial charge in [0.05, 0.1) is 31.5 Å². The van der Waals surface area contributed by atoms with Gasteiger partial charge in [-0.15, -0.1) is 0 Å². The summed E-state index contributed by atoms with van der Waals surface area (Å²) in [5.41, 5.74) is 4.56. The maximum absolute atomic E-state index is 13.5. The zero-order chi connectivity index (χ0) is 29.0. The average Bonchev–Trinajstić information content (AvgIpc) is 3.41. The van der Waals surface area contributed by atoms with Crippen LogP contribution in [0.3, 0.4) is 0 Å². The minimum absolute atomic E-state index is 0.369. The molecule has 1 aromatic heterocycles. The Kier molecular flexibility index (Phi) is 9.01. The summed E-state index contributed by atoms with van der Waals surface area (Å²) in [7, 11) is 0. The first-order chi connectivity index (χ1) is 19.9. The van der Waals surface area contributed by atoms with Crippen LogP contribution in [-0.4, -0.2) is 62.9 Å². The third kappa shape index (κ3) is 6.00. The van der Waals surface area contributed by atoms with Crippen molar-refractivity contribution in [1.29, 1.82) is 5.26 Å². The molecule has 0 amide bonds. The van der Waals surface area contributed by atoms with Gasteiger partial charge in [-0.25, -0.2) is 4.79 Å². The number of benzene rings is 2. The number of piperidine rings is 1. The number of nitriles is 1. The van der Waals surface area contributed by atoms with Crippen molar-refractivity contribution in [2.75, 3.05) is 50.9 Å². The summed E-state index contributed by atoms with van der Waals surface area (Å²) in [6.45, 7) is 14.6. The first kappa shape index (κ1) is 29.2. The Bertz CT molecular complexity index is 1410. The van der Waals surface area contributed by atoms with Crippen molar-refractivity contribution in [2.24, 2.45) is 0 Å². The van der Waals surface area contributed by atoms with E-state index in [1.807, 2.05) is 0 Å². The van der Waals surface area contributed by atoms with Crippen molar-refractivity contribution in [3.05, 3.63) is 64.4 Å². The predicted molar refractivity (Wildman–Crippen MR) is 162 cm³/mol. The lowest BCUT2D eigenvalue weighted by molar-refractivity contribution is 0.0115. The number of aryl methyl sites for hydroxylation is 1. The molecule has 2 fully saturated rings. The second-order valence-corrected chi connectivity index (χ2v) is 11.8. The molecule has 7 heteroatoms. The van der Waals surface area contributed by atoms with Crippen molar-refractivity contribution >= 4 is 22.6 Å². The van der Waals surface area contributed by atoms with Gasteiger partial charge in [0.15, 0.2) is 0 Å². The standard InChI is InChI=1S/C34H43N3O4/c1-5-7-18-40-33(38)31-28-11-8-24(23-35)21-30(28)41-32(31)34(3,4)26-10-9-25(6-2)29(22-26)37-14-12-27(13-15-37)36-16-19-39-20-17-36/h8-11,21-22,27H,5-7,12-20H2,1-4H3. The van der Waals surface area contributed by atoms with Crippen LogP contribution >= 0.6 is 0 Å². The Hall–Kier alpha value is -3.34. The Labute approximate surface area is 244 Å². The van der Waals surface area contributed by atoms with E-state index in [1.54, 1.807) is 18.2 Å². The Balaban J connectivity index is 1.48. The van der Waals surface area contributed by atoms with Crippen LogP contribution in [0.2, 0.25) is 0 Å². The first-order valence-electron chi connectivity index (χ1n) is 15.2. The van der Waals surface area contributed by atoms with Crippen LogP contribution in [0.5, 0.6) is 0 Å². The second-order valence-electron chi connectivity index (χ2n) is 11.8. The fourth-order valence-electron chi connectivity index (χ4n) is 6.28. The molecule has 2 aromatic carbocycles. The monoisotopic (exact) mass is 557 g/mol. The summed E-state index contributed by atoms with van der Waals surface area (Å²) in [6.07, 6.45) is 5.00. The van der Waals surface area contributed by atoms with Crippen molar-refractivity contribution in [3.63, 3.8) is 0 Å². The molecule has 3 aromatic rings. The molecule has 3 heterocycles. The summed E-state index contributed by atoms with van der Waals surface area (Å²) in [5, 5.41) is 10.1. The average molecular weight is 558 g/mol. The number of furan rings is 1. The van der Waals surface area contributed by atoms with Gasteiger partial charge in [0.2, 0.25) is 0 Å². The number of unbranched alkanes of at least 4 members (excludes halogenated alkanes) is 1. The summed E-state index contributed by atoms with van der Waals surface area (Å²) in [4.78, 5) is 18.6. The third-order valence-electron chi connectivity index (χ3n) is 8.88. The maximum atomic E-state index is 13.5. The van der Waals surface area contributed by atoms with Crippen molar-refractivity contribution in [3.8, 4) is 6.07 Å². The van der Waals surface area contributed by atoms with Gasteiger partial charge in [-0.2, -0.15) is 5.26 Å². The second kappa shape index (κ2) is 12.7. The van der Waals surface area contributed by atoms with Crippen molar-refractivity contribution in [1.82, 2.24) is 4.90 Å². The fourth-order valence-corrected chi connectivity index (χ4v) is 6.28. The van der Waals surface area contributed by atoms with E-state index >= 15 is 0 Å². The molecule has 0 N–H and O–H groups in total. The van der Waals surface area contributed by atoms with Crippen LogP contribution in [-0.2, 0) is 21.3 Å². The van der Waals surface area contributed by atoms with Gasteiger partial charge in [0.1, 0.15) is 16.9 Å². The Morgan fingerprint density at radius 1 is 1.07 bits per heavy atom. The first-order valence-corrected chi connectivity index (χ1v) is 15.2. The number of carbonyl (C=O) groups is 1. The van der Waals surface area contributed by atoms with Crippen LogP contribution < -0.4 is 4.90 Å². The molecule has 2 saturated heterocycles. The molecule has 0 spiro atoms. The van der Waals surface area contributed by atoms with E-state index in [2.05, 4.69) is 61.8 Å². The van der Waals surface area contributed by atoms with Gasteiger partial charge in [0.25, 0.3) is 0 Å². The molecule has 0 saturated carbocycles. The highest BCUT2D eigenvalue weighted by atomic mass is 16.5. The number of anilines is 1. The topological polar surface area (TPSA) is 78.9 Å². The van der Waals surface area contributed by atoms with Crippen molar-refractivity contribution < 1.29 is 18.7 Å². The van der Waals surface area contributed by atoms with Crippen LogP contribution in [0.1, 0.15) is 86.2 Å². The minimum atomic E-state index is -0.613. The summed E-state index contributed by atoms with van der Waals surface area (Å²) >= 11 is 0. The molecule has 41 heavy (non-hydrogen) atoms. The van der Waals surface area contributed by atoms with E-state index in [1.165, 1.54) is 11.3 Å². The molecule has 7 nitrogen and oxygen atoms in total. The van der Waals surface area contributed by atoms with Gasteiger partial charge in [-0.3, -0.25) is 4.90 Å². The van der Waals surface area contributed by atoms with Gasteiger partial charge in [-0.05, 0) is 74.9 Å². The number of fused-ring (bicyclic) bond motifs is 1. The number of rotatable bonds is 9. The fraction of sp³-hybridized carbons (Fsp3) is 0.529. The van der Waals surface area contributed by atoms with Gasteiger partial charge < -0.3 is 18.8 Å². The molecule has 2 aliphatic heterocycles. The van der Waals surface area contributed by atoms with E-state index < -0.39 is 5.41 Å². The number of ether oxygens (including phenoxy) is 2. The minimum Gasteiger partial charge on any atom is -0.462 e. The van der Waals surface area contributed by atoms with E-state index in [0.29, 0.717) is 40.5 Å². The van der Waals surface area contributed by atoms with E-state index in [4.69, 9.17) is 13.9 Å². The summed E-state index contributed by atoms with van der Waals surface area (Å²) < 4.78 is 17.7. The predicted octanol–water partition coefficient (Wildman–Crippen LogP) is 6.45. The number of hydrogen-bond acceptors (Lipinski definition) is 7. The molecule has 0 unspecified atom stereocenters. The number of carbonyl (C=O) groups excluding carboxylic acids is 1. The van der Waals surface area contributed by atoms with Crippen LogP contribution in [0.25, 0.3) is 11.0 Å². The number of nitrogens with zero attached hydrogens (tertiary/aromatic N) is 3. The van der Waals surface area contributed by atoms with Crippen LogP contribution in [0, 0.1) is 11.3 Å². The SMILES string of the molecule is CCCCOC(=O)c1c(C(C)(C)c2ccc(CC)c(N3CCC(N4CCOCC4)CC3)c2)oc2cc(C#N)ccc12.